The summed E-state index contributed by atoms with van der Waals surface area (Å²) in [6.07, 6.45) is 6.73. The molecule has 1 aromatic carbocycles. The summed E-state index contributed by atoms with van der Waals surface area (Å²) in [6, 6.07) is 3.70. The van der Waals surface area contributed by atoms with Gasteiger partial charge in [0.05, 0.1) is 24.9 Å². The summed E-state index contributed by atoms with van der Waals surface area (Å²) in [4.78, 5) is 0. The molecule has 2 rings (SSSR count). The van der Waals surface area contributed by atoms with E-state index in [0.29, 0.717) is 10.8 Å². The molecular formula is C15H22ClNO2. The first kappa shape index (κ1) is 14.3. The molecule has 0 heterocycles. The number of benzene rings is 1. The van der Waals surface area contributed by atoms with Crippen LogP contribution >= 0.6 is 11.6 Å². The molecule has 0 saturated heterocycles. The summed E-state index contributed by atoms with van der Waals surface area (Å²) in [5.74, 6) is 2.20. The van der Waals surface area contributed by atoms with Crippen molar-refractivity contribution in [1.29, 1.82) is 0 Å². The SMILES string of the molecule is COc1cc(NCC2CCCCC2)c(OC)cc1Cl. The van der Waals surface area contributed by atoms with Gasteiger partial charge in [0, 0.05) is 18.7 Å². The van der Waals surface area contributed by atoms with E-state index in [1.54, 1.807) is 20.3 Å². The van der Waals surface area contributed by atoms with Gasteiger partial charge < -0.3 is 14.8 Å². The van der Waals surface area contributed by atoms with Gasteiger partial charge in [0.15, 0.2) is 0 Å². The molecule has 0 aromatic heterocycles. The van der Waals surface area contributed by atoms with Gasteiger partial charge >= 0.3 is 0 Å². The number of nitrogens with one attached hydrogen (secondary N) is 1. The van der Waals surface area contributed by atoms with E-state index in [1.165, 1.54) is 32.1 Å². The van der Waals surface area contributed by atoms with Crippen molar-refractivity contribution in [3.8, 4) is 11.5 Å². The maximum absolute atomic E-state index is 6.10. The third-order valence-corrected chi connectivity index (χ3v) is 4.08. The summed E-state index contributed by atoms with van der Waals surface area (Å²) in [6.45, 7) is 0.987. The van der Waals surface area contributed by atoms with Crippen LogP contribution in [0.2, 0.25) is 5.02 Å². The fourth-order valence-electron chi connectivity index (χ4n) is 2.64. The van der Waals surface area contributed by atoms with Crippen molar-refractivity contribution in [3.63, 3.8) is 0 Å². The van der Waals surface area contributed by atoms with Gasteiger partial charge in [0.1, 0.15) is 11.5 Å². The van der Waals surface area contributed by atoms with Crippen molar-refractivity contribution in [3.05, 3.63) is 17.2 Å². The van der Waals surface area contributed by atoms with Crippen LogP contribution < -0.4 is 14.8 Å². The number of halogens is 1. The lowest BCUT2D eigenvalue weighted by atomic mass is 9.89. The summed E-state index contributed by atoms with van der Waals surface area (Å²) >= 11 is 6.10. The fraction of sp³-hybridized carbons (Fsp3) is 0.600. The number of rotatable bonds is 5. The van der Waals surface area contributed by atoms with Crippen LogP contribution in [-0.2, 0) is 0 Å². The number of hydrogen-bond acceptors (Lipinski definition) is 3. The topological polar surface area (TPSA) is 30.5 Å². The van der Waals surface area contributed by atoms with Gasteiger partial charge in [-0.05, 0) is 18.8 Å². The second-order valence-corrected chi connectivity index (χ2v) is 5.48. The minimum atomic E-state index is 0.572. The molecule has 1 aromatic rings. The molecule has 0 radical (unpaired) electrons. The molecule has 19 heavy (non-hydrogen) atoms. The molecule has 1 aliphatic rings. The Morgan fingerprint density at radius 3 is 2.42 bits per heavy atom. The fourth-order valence-corrected chi connectivity index (χ4v) is 2.87. The van der Waals surface area contributed by atoms with Gasteiger partial charge in [0.2, 0.25) is 0 Å². The van der Waals surface area contributed by atoms with Gasteiger partial charge in [-0.2, -0.15) is 0 Å². The Kier molecular flexibility index (Phi) is 5.20. The Bertz CT molecular complexity index is 417. The van der Waals surface area contributed by atoms with E-state index in [0.717, 1.165) is 23.9 Å². The number of hydrogen-bond donors (Lipinski definition) is 1. The summed E-state index contributed by atoms with van der Waals surface area (Å²) < 4.78 is 10.6. The molecule has 0 atom stereocenters. The molecule has 1 aliphatic carbocycles. The Hall–Kier alpha value is -1.09. The van der Waals surface area contributed by atoms with Crippen LogP contribution in [0.15, 0.2) is 12.1 Å². The Balaban J connectivity index is 2.05. The van der Waals surface area contributed by atoms with Crippen LogP contribution in [0.25, 0.3) is 0 Å². The van der Waals surface area contributed by atoms with Crippen molar-refractivity contribution >= 4 is 17.3 Å². The van der Waals surface area contributed by atoms with Gasteiger partial charge in [-0.25, -0.2) is 0 Å². The second kappa shape index (κ2) is 6.90. The smallest absolute Gasteiger partial charge is 0.143 e. The normalized spacial score (nSPS) is 16.2. The van der Waals surface area contributed by atoms with Crippen LogP contribution in [0.5, 0.6) is 11.5 Å². The first-order valence-corrected chi connectivity index (χ1v) is 7.27. The molecule has 0 aliphatic heterocycles. The molecule has 106 valence electrons. The second-order valence-electron chi connectivity index (χ2n) is 5.07. The van der Waals surface area contributed by atoms with Crippen molar-refractivity contribution in [2.45, 2.75) is 32.1 Å². The largest absolute Gasteiger partial charge is 0.495 e. The first-order chi connectivity index (χ1) is 9.24. The molecule has 1 N–H and O–H groups in total. The molecular weight excluding hydrogens is 262 g/mol. The third-order valence-electron chi connectivity index (χ3n) is 3.78. The molecule has 1 saturated carbocycles. The van der Waals surface area contributed by atoms with Gasteiger partial charge in [-0.15, -0.1) is 0 Å². The Labute approximate surface area is 120 Å². The monoisotopic (exact) mass is 283 g/mol. The van der Waals surface area contributed by atoms with E-state index < -0.39 is 0 Å². The minimum absolute atomic E-state index is 0.572. The summed E-state index contributed by atoms with van der Waals surface area (Å²) in [7, 11) is 3.28. The zero-order chi connectivity index (χ0) is 13.7. The van der Waals surface area contributed by atoms with Crippen molar-refractivity contribution in [2.75, 3.05) is 26.1 Å². The molecule has 4 heteroatoms. The summed E-state index contributed by atoms with van der Waals surface area (Å²) in [5, 5.41) is 4.04. The lowest BCUT2D eigenvalue weighted by Gasteiger charge is -2.23. The number of methoxy groups -OCH3 is 2. The third kappa shape index (κ3) is 3.69. The molecule has 0 spiro atoms. The first-order valence-electron chi connectivity index (χ1n) is 6.90. The standard InChI is InChI=1S/C15H22ClNO2/c1-18-14-9-13(15(19-2)8-12(14)16)17-10-11-6-4-3-5-7-11/h8-9,11,17H,3-7,10H2,1-2H3. The minimum Gasteiger partial charge on any atom is -0.495 e. The maximum Gasteiger partial charge on any atom is 0.143 e. The predicted octanol–water partition coefficient (Wildman–Crippen LogP) is 4.35. The Morgan fingerprint density at radius 1 is 1.11 bits per heavy atom. The van der Waals surface area contributed by atoms with Crippen LogP contribution in [0, 0.1) is 5.92 Å². The predicted molar refractivity (Wildman–Crippen MR) is 79.6 cm³/mol. The van der Waals surface area contributed by atoms with E-state index in [1.807, 2.05) is 6.07 Å². The maximum atomic E-state index is 6.10. The quantitative estimate of drug-likeness (QED) is 0.871. The van der Waals surface area contributed by atoms with E-state index in [4.69, 9.17) is 21.1 Å². The number of anilines is 1. The zero-order valence-electron chi connectivity index (χ0n) is 11.7. The van der Waals surface area contributed by atoms with Crippen molar-refractivity contribution in [2.24, 2.45) is 5.92 Å². The molecule has 0 amide bonds. The van der Waals surface area contributed by atoms with E-state index in [9.17, 15) is 0 Å². The van der Waals surface area contributed by atoms with E-state index in [2.05, 4.69) is 5.32 Å². The molecule has 0 unspecified atom stereocenters. The lowest BCUT2D eigenvalue weighted by molar-refractivity contribution is 0.372. The van der Waals surface area contributed by atoms with Crippen LogP contribution in [0.4, 0.5) is 5.69 Å². The highest BCUT2D eigenvalue weighted by atomic mass is 35.5. The van der Waals surface area contributed by atoms with E-state index >= 15 is 0 Å². The van der Waals surface area contributed by atoms with Crippen molar-refractivity contribution < 1.29 is 9.47 Å². The molecule has 1 fully saturated rings. The van der Waals surface area contributed by atoms with Crippen LogP contribution in [-0.4, -0.2) is 20.8 Å². The van der Waals surface area contributed by atoms with E-state index in [-0.39, 0.29) is 0 Å². The summed E-state index contributed by atoms with van der Waals surface area (Å²) in [5.41, 5.74) is 0.953. The molecule has 3 nitrogen and oxygen atoms in total. The highest BCUT2D eigenvalue weighted by Gasteiger charge is 2.15. The van der Waals surface area contributed by atoms with Crippen molar-refractivity contribution in [1.82, 2.24) is 0 Å². The average molecular weight is 284 g/mol. The zero-order valence-corrected chi connectivity index (χ0v) is 12.4. The van der Waals surface area contributed by atoms with Crippen LogP contribution in [0.1, 0.15) is 32.1 Å². The van der Waals surface area contributed by atoms with Crippen LogP contribution in [0.3, 0.4) is 0 Å². The van der Waals surface area contributed by atoms with Gasteiger partial charge in [-0.3, -0.25) is 0 Å². The van der Waals surface area contributed by atoms with Gasteiger partial charge in [-0.1, -0.05) is 30.9 Å². The average Bonchev–Trinajstić information content (AvgIpc) is 2.46. The van der Waals surface area contributed by atoms with Gasteiger partial charge in [0.25, 0.3) is 0 Å². The lowest BCUT2D eigenvalue weighted by Crippen LogP contribution is -2.17. The highest BCUT2D eigenvalue weighted by Crippen LogP contribution is 2.36. The number of ether oxygens (including phenoxy) is 2. The Morgan fingerprint density at radius 2 is 1.79 bits per heavy atom. The molecule has 0 bridgehead atoms. The highest BCUT2D eigenvalue weighted by molar-refractivity contribution is 6.32.